The molecule has 1 aromatic carbocycles. The van der Waals surface area contributed by atoms with Gasteiger partial charge in [-0.25, -0.2) is 4.98 Å². The number of hydrogen-bond donors (Lipinski definition) is 1. The summed E-state index contributed by atoms with van der Waals surface area (Å²) in [5, 5.41) is 0.949. The van der Waals surface area contributed by atoms with Gasteiger partial charge in [-0.1, -0.05) is 0 Å². The number of benzene rings is 1. The van der Waals surface area contributed by atoms with Crippen molar-refractivity contribution in [2.24, 2.45) is 0 Å². The number of nitrogens with one attached hydrogen (secondary N) is 1. The first kappa shape index (κ1) is 15.0. The highest BCUT2D eigenvalue weighted by atomic mass is 16.5. The number of fused-ring (bicyclic) bond motifs is 1. The quantitative estimate of drug-likeness (QED) is 0.786. The fourth-order valence-electron chi connectivity index (χ4n) is 3.09. The number of morpholine rings is 1. The van der Waals surface area contributed by atoms with Crippen molar-refractivity contribution in [2.75, 3.05) is 19.7 Å². The fourth-order valence-corrected chi connectivity index (χ4v) is 3.09. The number of ether oxygens (including phenoxy) is 1. The van der Waals surface area contributed by atoms with Crippen molar-refractivity contribution in [2.45, 2.75) is 20.0 Å². The number of carbonyl (C=O) groups is 1. The lowest BCUT2D eigenvalue weighted by molar-refractivity contribution is -0.0264. The van der Waals surface area contributed by atoms with Gasteiger partial charge in [0.05, 0.1) is 13.2 Å². The smallest absolute Gasteiger partial charge is 0.254 e. The second-order valence-corrected chi connectivity index (χ2v) is 6.17. The predicted molar refractivity (Wildman–Crippen MR) is 88.9 cm³/mol. The molecule has 1 aliphatic rings. The van der Waals surface area contributed by atoms with Crippen molar-refractivity contribution >= 4 is 16.9 Å². The van der Waals surface area contributed by atoms with Gasteiger partial charge in [0.1, 0.15) is 23.3 Å². The molecule has 6 heteroatoms. The first-order valence-corrected chi connectivity index (χ1v) is 8.03. The zero-order chi connectivity index (χ0) is 16.7. The van der Waals surface area contributed by atoms with Crippen molar-refractivity contribution in [1.29, 1.82) is 0 Å². The average Bonchev–Trinajstić information content (AvgIpc) is 3.18. The van der Waals surface area contributed by atoms with Crippen molar-refractivity contribution in [1.82, 2.24) is 14.9 Å². The number of hydrogen-bond acceptors (Lipinski definition) is 4. The van der Waals surface area contributed by atoms with Gasteiger partial charge < -0.3 is 19.0 Å². The second-order valence-electron chi connectivity index (χ2n) is 6.17. The van der Waals surface area contributed by atoms with Crippen LogP contribution < -0.4 is 0 Å². The summed E-state index contributed by atoms with van der Waals surface area (Å²) in [6.07, 6.45) is 1.56. The number of carbonyl (C=O) groups excluding carboxylic acids is 1. The molecule has 6 nitrogen and oxygen atoms in total. The van der Waals surface area contributed by atoms with Crippen LogP contribution in [0.4, 0.5) is 0 Å². The number of amides is 1. The number of furan rings is 1. The third kappa shape index (κ3) is 2.69. The normalized spacial score (nSPS) is 18.2. The molecule has 2 aromatic heterocycles. The number of nitrogens with zero attached hydrogens (tertiary/aromatic N) is 2. The Morgan fingerprint density at radius 3 is 3.00 bits per heavy atom. The van der Waals surface area contributed by atoms with E-state index in [1.807, 2.05) is 43.0 Å². The molecule has 0 spiro atoms. The van der Waals surface area contributed by atoms with Gasteiger partial charge in [0.25, 0.3) is 5.91 Å². The monoisotopic (exact) mass is 325 g/mol. The number of aromatic amines is 1. The van der Waals surface area contributed by atoms with Gasteiger partial charge in [0, 0.05) is 29.4 Å². The second kappa shape index (κ2) is 5.79. The Balaban J connectivity index is 1.56. The zero-order valence-corrected chi connectivity index (χ0v) is 13.7. The molecule has 0 aliphatic carbocycles. The standard InChI is InChI=1S/C18H19N3O3/c1-11-9-19-17(20-11)16-10-21(5-6-23-16)18(22)13-3-4-15-14(8-13)7-12(2)24-15/h3-4,7-9,16H,5-6,10H2,1-2H3,(H,19,20)/t16-/m1/s1. The van der Waals surface area contributed by atoms with E-state index in [0.29, 0.717) is 25.3 Å². The number of imidazole rings is 1. The zero-order valence-electron chi connectivity index (χ0n) is 13.7. The first-order valence-electron chi connectivity index (χ1n) is 8.03. The molecule has 1 N–H and O–H groups in total. The SMILES string of the molecule is Cc1cnc([C@H]2CN(C(=O)c3ccc4oc(C)cc4c3)CCO2)[nH]1. The van der Waals surface area contributed by atoms with Crippen LogP contribution in [-0.4, -0.2) is 40.5 Å². The van der Waals surface area contributed by atoms with Crippen LogP contribution in [0, 0.1) is 13.8 Å². The van der Waals surface area contributed by atoms with Crippen LogP contribution in [-0.2, 0) is 4.74 Å². The average molecular weight is 325 g/mol. The highest BCUT2D eigenvalue weighted by molar-refractivity contribution is 5.97. The van der Waals surface area contributed by atoms with Crippen LogP contribution in [0.25, 0.3) is 11.0 Å². The van der Waals surface area contributed by atoms with Gasteiger partial charge >= 0.3 is 0 Å². The number of rotatable bonds is 2. The van der Waals surface area contributed by atoms with Gasteiger partial charge in [-0.15, -0.1) is 0 Å². The molecule has 0 unspecified atom stereocenters. The number of H-pyrrole nitrogens is 1. The van der Waals surface area contributed by atoms with E-state index in [-0.39, 0.29) is 12.0 Å². The molecule has 1 aliphatic heterocycles. The van der Waals surface area contributed by atoms with E-state index in [4.69, 9.17) is 9.15 Å². The summed E-state index contributed by atoms with van der Waals surface area (Å²) in [5.41, 5.74) is 2.45. The molecule has 4 rings (SSSR count). The summed E-state index contributed by atoms with van der Waals surface area (Å²) in [7, 11) is 0. The van der Waals surface area contributed by atoms with E-state index in [1.54, 1.807) is 6.20 Å². The predicted octanol–water partition coefficient (Wildman–Crippen LogP) is 2.99. The molecule has 1 saturated heterocycles. The molecule has 0 radical (unpaired) electrons. The molecule has 1 amide bonds. The Bertz CT molecular complexity index is 896. The maximum atomic E-state index is 12.8. The summed E-state index contributed by atoms with van der Waals surface area (Å²) in [6.45, 7) is 5.43. The highest BCUT2D eigenvalue weighted by Crippen LogP contribution is 2.24. The van der Waals surface area contributed by atoms with Gasteiger partial charge in [0.2, 0.25) is 0 Å². The van der Waals surface area contributed by atoms with Crippen molar-refractivity contribution in [3.8, 4) is 0 Å². The van der Waals surface area contributed by atoms with Crippen molar-refractivity contribution < 1.29 is 13.9 Å². The minimum absolute atomic E-state index is 0.00679. The molecule has 3 heterocycles. The number of aryl methyl sites for hydroxylation is 2. The highest BCUT2D eigenvalue weighted by Gasteiger charge is 2.28. The molecule has 124 valence electrons. The maximum Gasteiger partial charge on any atom is 0.254 e. The Labute approximate surface area is 139 Å². The summed E-state index contributed by atoms with van der Waals surface area (Å²) in [4.78, 5) is 22.2. The molecule has 0 bridgehead atoms. The third-order valence-corrected chi connectivity index (χ3v) is 4.27. The van der Waals surface area contributed by atoms with E-state index >= 15 is 0 Å². The van der Waals surface area contributed by atoms with E-state index in [1.165, 1.54) is 0 Å². The largest absolute Gasteiger partial charge is 0.461 e. The van der Waals surface area contributed by atoms with Crippen LogP contribution in [0.5, 0.6) is 0 Å². The van der Waals surface area contributed by atoms with Crippen LogP contribution in [0.2, 0.25) is 0 Å². The Morgan fingerprint density at radius 2 is 2.21 bits per heavy atom. The van der Waals surface area contributed by atoms with Gasteiger partial charge in [-0.2, -0.15) is 0 Å². The third-order valence-electron chi connectivity index (χ3n) is 4.27. The minimum Gasteiger partial charge on any atom is -0.461 e. The number of aromatic nitrogens is 2. The van der Waals surface area contributed by atoms with Crippen molar-refractivity contribution in [3.63, 3.8) is 0 Å². The summed E-state index contributed by atoms with van der Waals surface area (Å²) in [6, 6.07) is 7.49. The summed E-state index contributed by atoms with van der Waals surface area (Å²) in [5.74, 6) is 1.62. The summed E-state index contributed by atoms with van der Waals surface area (Å²) < 4.78 is 11.3. The van der Waals surface area contributed by atoms with Gasteiger partial charge in [-0.3, -0.25) is 4.79 Å². The Morgan fingerprint density at radius 1 is 1.33 bits per heavy atom. The van der Waals surface area contributed by atoms with Crippen LogP contribution in [0.1, 0.15) is 33.7 Å². The van der Waals surface area contributed by atoms with Gasteiger partial charge in [-0.05, 0) is 38.1 Å². The molecule has 1 fully saturated rings. The Kier molecular flexibility index (Phi) is 3.61. The van der Waals surface area contributed by atoms with E-state index < -0.39 is 0 Å². The topological polar surface area (TPSA) is 71.4 Å². The lowest BCUT2D eigenvalue weighted by Crippen LogP contribution is -2.42. The van der Waals surface area contributed by atoms with Crippen LogP contribution in [0.15, 0.2) is 34.9 Å². The Hall–Kier alpha value is -2.60. The lowest BCUT2D eigenvalue weighted by Gasteiger charge is -2.32. The van der Waals surface area contributed by atoms with Crippen LogP contribution >= 0.6 is 0 Å². The van der Waals surface area contributed by atoms with Gasteiger partial charge in [0.15, 0.2) is 0 Å². The van der Waals surface area contributed by atoms with Crippen LogP contribution in [0.3, 0.4) is 0 Å². The molecule has 0 saturated carbocycles. The first-order chi connectivity index (χ1) is 11.6. The fraction of sp³-hybridized carbons (Fsp3) is 0.333. The molecule has 24 heavy (non-hydrogen) atoms. The van der Waals surface area contributed by atoms with E-state index in [0.717, 1.165) is 28.2 Å². The lowest BCUT2D eigenvalue weighted by atomic mass is 10.1. The maximum absolute atomic E-state index is 12.8. The molecule has 1 atom stereocenters. The molecule has 3 aromatic rings. The van der Waals surface area contributed by atoms with Crippen molar-refractivity contribution in [3.05, 3.63) is 53.3 Å². The minimum atomic E-state index is -0.212. The molecular formula is C18H19N3O3. The van der Waals surface area contributed by atoms with E-state index in [2.05, 4.69) is 9.97 Å². The van der Waals surface area contributed by atoms with E-state index in [9.17, 15) is 4.79 Å². The molecular weight excluding hydrogens is 306 g/mol. The summed E-state index contributed by atoms with van der Waals surface area (Å²) >= 11 is 0.